The van der Waals surface area contributed by atoms with E-state index in [4.69, 9.17) is 15.7 Å². The Bertz CT molecular complexity index is 303. The molecule has 1 aromatic rings. The van der Waals surface area contributed by atoms with Crippen LogP contribution in [0, 0.1) is 11.3 Å². The molecule has 1 heterocycles. The van der Waals surface area contributed by atoms with E-state index in [1.807, 2.05) is 11.4 Å². The summed E-state index contributed by atoms with van der Waals surface area (Å²) in [6.45, 7) is 0.517. The summed E-state index contributed by atoms with van der Waals surface area (Å²) in [6.07, 6.45) is 0.463. The van der Waals surface area contributed by atoms with Crippen LogP contribution in [0.5, 0.6) is 0 Å². The van der Waals surface area contributed by atoms with Crippen molar-refractivity contribution >= 4 is 11.3 Å². The van der Waals surface area contributed by atoms with E-state index in [1.165, 1.54) is 0 Å². The molecule has 0 bridgehead atoms. The first-order valence-electron chi connectivity index (χ1n) is 3.96. The van der Waals surface area contributed by atoms with Gasteiger partial charge < -0.3 is 10.5 Å². The van der Waals surface area contributed by atoms with Crippen LogP contribution in [0.25, 0.3) is 0 Å². The Morgan fingerprint density at radius 2 is 2.54 bits per heavy atom. The maximum Gasteiger partial charge on any atom is 0.0695 e. The molecule has 0 saturated carbocycles. The molecular formula is C9H12N2OS. The van der Waals surface area contributed by atoms with Gasteiger partial charge in [-0.05, 0) is 17.0 Å². The summed E-state index contributed by atoms with van der Waals surface area (Å²) in [5.74, 6) is 0. The average molecular weight is 196 g/mol. The molecule has 0 amide bonds. The van der Waals surface area contributed by atoms with Gasteiger partial charge in [0.15, 0.2) is 0 Å². The van der Waals surface area contributed by atoms with Crippen LogP contribution in [-0.2, 0) is 11.2 Å². The second-order valence-electron chi connectivity index (χ2n) is 2.74. The molecule has 4 heteroatoms. The number of rotatable bonds is 4. The Labute approximate surface area is 81.7 Å². The number of hydrogen-bond acceptors (Lipinski definition) is 4. The summed E-state index contributed by atoms with van der Waals surface area (Å²) >= 11 is 1.57. The Hall–Kier alpha value is -0.890. The third-order valence-electron chi connectivity index (χ3n) is 1.70. The highest BCUT2D eigenvalue weighted by Crippen LogP contribution is 2.19. The van der Waals surface area contributed by atoms with Gasteiger partial charge in [0, 0.05) is 12.0 Å². The minimum Gasteiger partial charge on any atom is -0.383 e. The van der Waals surface area contributed by atoms with Gasteiger partial charge in [0.05, 0.1) is 25.1 Å². The largest absolute Gasteiger partial charge is 0.383 e. The molecule has 1 atom stereocenters. The molecule has 0 fully saturated rings. The molecule has 0 aromatic carbocycles. The predicted octanol–water partition coefficient (Wildman–Crippen LogP) is 1.46. The van der Waals surface area contributed by atoms with Gasteiger partial charge in [0.25, 0.3) is 0 Å². The molecule has 2 N–H and O–H groups in total. The first-order valence-corrected chi connectivity index (χ1v) is 4.84. The maximum atomic E-state index is 8.47. The van der Waals surface area contributed by atoms with Crippen LogP contribution in [0.4, 0.5) is 0 Å². The Morgan fingerprint density at radius 3 is 3.15 bits per heavy atom. The molecule has 0 unspecified atom stereocenters. The fraction of sp³-hybridized carbons (Fsp3) is 0.444. The number of methoxy groups -OCH3 is 1. The highest BCUT2D eigenvalue weighted by Gasteiger charge is 2.07. The number of thiophene rings is 1. The molecule has 0 radical (unpaired) electrons. The number of ether oxygens (including phenoxy) is 1. The lowest BCUT2D eigenvalue weighted by Gasteiger charge is -2.06. The quantitative estimate of drug-likeness (QED) is 0.793. The molecule has 0 aliphatic carbocycles. The lowest BCUT2D eigenvalue weighted by Crippen LogP contribution is -2.15. The van der Waals surface area contributed by atoms with Crippen molar-refractivity contribution in [3.05, 3.63) is 21.9 Å². The first-order chi connectivity index (χ1) is 6.27. The van der Waals surface area contributed by atoms with Crippen molar-refractivity contribution in [3.63, 3.8) is 0 Å². The molecule has 3 nitrogen and oxygen atoms in total. The van der Waals surface area contributed by atoms with Crippen LogP contribution in [0.3, 0.4) is 0 Å². The molecule has 0 saturated heterocycles. The minimum absolute atomic E-state index is 0.0753. The van der Waals surface area contributed by atoms with Crippen molar-refractivity contribution in [3.8, 4) is 6.07 Å². The fourth-order valence-corrected chi connectivity index (χ4v) is 1.92. The summed E-state index contributed by atoms with van der Waals surface area (Å²) in [4.78, 5) is 1.06. The second-order valence-corrected chi connectivity index (χ2v) is 3.74. The summed E-state index contributed by atoms with van der Waals surface area (Å²) in [6, 6.07) is 4.00. The van der Waals surface area contributed by atoms with Crippen LogP contribution >= 0.6 is 11.3 Å². The summed E-state index contributed by atoms with van der Waals surface area (Å²) < 4.78 is 4.94. The number of hydrogen-bond donors (Lipinski definition) is 1. The maximum absolute atomic E-state index is 8.47. The van der Waals surface area contributed by atoms with Crippen LogP contribution in [0.15, 0.2) is 11.4 Å². The van der Waals surface area contributed by atoms with E-state index in [0.717, 1.165) is 10.4 Å². The van der Waals surface area contributed by atoms with Crippen LogP contribution in [0.1, 0.15) is 16.5 Å². The van der Waals surface area contributed by atoms with Crippen molar-refractivity contribution in [2.45, 2.75) is 12.5 Å². The third-order valence-corrected chi connectivity index (χ3v) is 2.66. The standard InChI is InChI=1S/C9H12N2OS/c1-12-5-9(11)7-4-8(2-3-10)13-6-7/h4,6,9H,2,5,11H2,1H3/t9-/m0/s1. The van der Waals surface area contributed by atoms with Crippen molar-refractivity contribution in [1.82, 2.24) is 0 Å². The lowest BCUT2D eigenvalue weighted by molar-refractivity contribution is 0.181. The van der Waals surface area contributed by atoms with E-state index >= 15 is 0 Å². The van der Waals surface area contributed by atoms with E-state index in [-0.39, 0.29) is 6.04 Å². The predicted molar refractivity (Wildman–Crippen MR) is 52.4 cm³/mol. The smallest absolute Gasteiger partial charge is 0.0695 e. The summed E-state index contributed by atoms with van der Waals surface area (Å²) in [7, 11) is 1.63. The Kier molecular flexibility index (Phi) is 3.90. The van der Waals surface area contributed by atoms with E-state index < -0.39 is 0 Å². The summed E-state index contributed by atoms with van der Waals surface area (Å²) in [5.41, 5.74) is 6.87. The molecule has 1 rings (SSSR count). The molecule has 0 aliphatic rings. The van der Waals surface area contributed by atoms with E-state index in [2.05, 4.69) is 6.07 Å². The van der Waals surface area contributed by atoms with Gasteiger partial charge >= 0.3 is 0 Å². The van der Waals surface area contributed by atoms with E-state index in [9.17, 15) is 0 Å². The number of nitrogens with two attached hydrogens (primary N) is 1. The Morgan fingerprint density at radius 1 is 1.77 bits per heavy atom. The second kappa shape index (κ2) is 4.97. The van der Waals surface area contributed by atoms with E-state index in [0.29, 0.717) is 13.0 Å². The van der Waals surface area contributed by atoms with Crippen molar-refractivity contribution in [2.24, 2.45) is 5.73 Å². The zero-order valence-electron chi connectivity index (χ0n) is 7.49. The number of nitriles is 1. The minimum atomic E-state index is -0.0753. The molecule has 0 spiro atoms. The van der Waals surface area contributed by atoms with Gasteiger partial charge in [-0.1, -0.05) is 0 Å². The third kappa shape index (κ3) is 2.81. The zero-order valence-corrected chi connectivity index (χ0v) is 8.30. The van der Waals surface area contributed by atoms with Crippen LogP contribution in [0.2, 0.25) is 0 Å². The van der Waals surface area contributed by atoms with Crippen molar-refractivity contribution in [1.29, 1.82) is 5.26 Å². The first kappa shape index (κ1) is 10.2. The molecule has 0 aliphatic heterocycles. The van der Waals surface area contributed by atoms with Gasteiger partial charge in [0.2, 0.25) is 0 Å². The molecule has 70 valence electrons. The fourth-order valence-electron chi connectivity index (χ4n) is 1.04. The highest BCUT2D eigenvalue weighted by molar-refractivity contribution is 7.10. The average Bonchev–Trinajstić information content (AvgIpc) is 2.54. The Balaban J connectivity index is 2.63. The van der Waals surface area contributed by atoms with Crippen LogP contribution in [-0.4, -0.2) is 13.7 Å². The normalized spacial score (nSPS) is 12.4. The SMILES string of the molecule is COC[C@H](N)c1csc(CC#N)c1. The molecule has 13 heavy (non-hydrogen) atoms. The lowest BCUT2D eigenvalue weighted by atomic mass is 10.1. The zero-order chi connectivity index (χ0) is 9.68. The van der Waals surface area contributed by atoms with E-state index in [1.54, 1.807) is 18.4 Å². The summed E-state index contributed by atoms with van der Waals surface area (Å²) in [5, 5.41) is 10.5. The molecular weight excluding hydrogens is 184 g/mol. The van der Waals surface area contributed by atoms with Gasteiger partial charge in [-0.15, -0.1) is 11.3 Å². The van der Waals surface area contributed by atoms with Crippen molar-refractivity contribution in [2.75, 3.05) is 13.7 Å². The van der Waals surface area contributed by atoms with Crippen molar-refractivity contribution < 1.29 is 4.74 Å². The highest BCUT2D eigenvalue weighted by atomic mass is 32.1. The van der Waals surface area contributed by atoms with Gasteiger partial charge in [-0.25, -0.2) is 0 Å². The van der Waals surface area contributed by atoms with Gasteiger partial charge in [-0.2, -0.15) is 5.26 Å². The topological polar surface area (TPSA) is 59.0 Å². The molecule has 1 aromatic heterocycles. The van der Waals surface area contributed by atoms with Gasteiger partial charge in [-0.3, -0.25) is 0 Å². The number of nitrogens with zero attached hydrogens (tertiary/aromatic N) is 1. The van der Waals surface area contributed by atoms with Gasteiger partial charge in [0.1, 0.15) is 0 Å². The monoisotopic (exact) mass is 196 g/mol. The van der Waals surface area contributed by atoms with Crippen LogP contribution < -0.4 is 5.73 Å².